The van der Waals surface area contributed by atoms with E-state index in [0.717, 1.165) is 0 Å². The molecule has 0 unspecified atom stereocenters. The zero-order valence-electron chi connectivity index (χ0n) is 9.26. The normalized spacial score (nSPS) is 11.3. The van der Waals surface area contributed by atoms with E-state index in [0.29, 0.717) is 4.47 Å². The Morgan fingerprint density at radius 3 is 2.61 bits per heavy atom. The molecule has 0 aliphatic heterocycles. The van der Waals surface area contributed by atoms with Crippen molar-refractivity contribution >= 4 is 21.8 Å². The maximum atomic E-state index is 11.9. The highest BCUT2D eigenvalue weighted by Gasteiger charge is 2.26. The molecule has 0 radical (unpaired) electrons. The Morgan fingerprint density at radius 1 is 1.39 bits per heavy atom. The Hall–Kier alpha value is -1.24. The molecule has 0 fully saturated rings. The lowest BCUT2D eigenvalue weighted by molar-refractivity contribution is -0.136. The molecule has 18 heavy (non-hydrogen) atoms. The third-order valence-corrected chi connectivity index (χ3v) is 2.56. The van der Waals surface area contributed by atoms with Crippen molar-refractivity contribution in [2.75, 3.05) is 6.61 Å². The predicted octanol–water partition coefficient (Wildman–Crippen LogP) is 3.27. The van der Waals surface area contributed by atoms with Gasteiger partial charge >= 0.3 is 6.18 Å². The molecule has 0 saturated carbocycles. The number of primary amides is 1. The average Bonchev–Trinajstić information content (AvgIpc) is 2.24. The van der Waals surface area contributed by atoms with Gasteiger partial charge in [0, 0.05) is 10.9 Å². The summed E-state index contributed by atoms with van der Waals surface area (Å²) in [5.41, 5.74) is 5.27. The molecule has 0 saturated heterocycles. The quantitative estimate of drug-likeness (QED) is 0.845. The molecule has 1 aromatic carbocycles. The van der Waals surface area contributed by atoms with Crippen LogP contribution in [0.1, 0.15) is 23.2 Å². The first-order chi connectivity index (χ1) is 8.29. The highest BCUT2D eigenvalue weighted by Crippen LogP contribution is 2.24. The molecule has 0 atom stereocenters. The molecule has 0 aliphatic carbocycles. The standard InChI is InChI=1S/C11H11BrF3NO2/c12-7-2-3-9(8(6-7)10(16)17)18-5-1-4-11(13,14)15/h2-3,6H,1,4-5H2,(H2,16,17). The number of hydrogen-bond donors (Lipinski definition) is 1. The fraction of sp³-hybridized carbons (Fsp3) is 0.364. The number of carbonyl (C=O) groups excluding carboxylic acids is 1. The molecule has 1 amide bonds. The van der Waals surface area contributed by atoms with Crippen molar-refractivity contribution in [1.82, 2.24) is 0 Å². The first kappa shape index (κ1) is 14.8. The van der Waals surface area contributed by atoms with Crippen LogP contribution in [0.25, 0.3) is 0 Å². The van der Waals surface area contributed by atoms with Crippen molar-refractivity contribution in [3.05, 3.63) is 28.2 Å². The van der Waals surface area contributed by atoms with Gasteiger partial charge in [-0.1, -0.05) is 15.9 Å². The number of alkyl halides is 3. The van der Waals surface area contributed by atoms with Crippen LogP contribution in [0, 0.1) is 0 Å². The molecule has 2 N–H and O–H groups in total. The summed E-state index contributed by atoms with van der Waals surface area (Å²) in [6, 6.07) is 4.56. The molecule has 1 rings (SSSR count). The number of benzene rings is 1. The average molecular weight is 326 g/mol. The monoisotopic (exact) mass is 325 g/mol. The van der Waals surface area contributed by atoms with Gasteiger partial charge in [-0.3, -0.25) is 4.79 Å². The van der Waals surface area contributed by atoms with Gasteiger partial charge < -0.3 is 10.5 Å². The lowest BCUT2D eigenvalue weighted by Gasteiger charge is -2.10. The van der Waals surface area contributed by atoms with Crippen molar-refractivity contribution in [3.63, 3.8) is 0 Å². The van der Waals surface area contributed by atoms with Gasteiger partial charge in [0.1, 0.15) is 5.75 Å². The predicted molar refractivity (Wildman–Crippen MR) is 63.4 cm³/mol. The van der Waals surface area contributed by atoms with Crippen LogP contribution in [0.5, 0.6) is 5.75 Å². The molecule has 7 heteroatoms. The van der Waals surface area contributed by atoms with E-state index in [1.807, 2.05) is 0 Å². The zero-order valence-corrected chi connectivity index (χ0v) is 10.8. The van der Waals surface area contributed by atoms with E-state index in [1.165, 1.54) is 12.1 Å². The highest BCUT2D eigenvalue weighted by molar-refractivity contribution is 9.10. The van der Waals surface area contributed by atoms with Crippen LogP contribution < -0.4 is 10.5 Å². The van der Waals surface area contributed by atoms with E-state index < -0.39 is 18.5 Å². The zero-order chi connectivity index (χ0) is 13.8. The van der Waals surface area contributed by atoms with E-state index in [2.05, 4.69) is 15.9 Å². The third kappa shape index (κ3) is 4.95. The van der Waals surface area contributed by atoms with E-state index >= 15 is 0 Å². The number of hydrogen-bond acceptors (Lipinski definition) is 2. The first-order valence-corrected chi connectivity index (χ1v) is 5.88. The van der Waals surface area contributed by atoms with E-state index in [-0.39, 0.29) is 24.3 Å². The summed E-state index contributed by atoms with van der Waals surface area (Å²) < 4.78 is 41.5. The first-order valence-electron chi connectivity index (χ1n) is 5.08. The summed E-state index contributed by atoms with van der Waals surface area (Å²) in [6.45, 7) is -0.124. The summed E-state index contributed by atoms with van der Waals surface area (Å²) in [7, 11) is 0. The van der Waals surface area contributed by atoms with Gasteiger partial charge in [0.25, 0.3) is 5.91 Å². The third-order valence-electron chi connectivity index (χ3n) is 2.07. The summed E-state index contributed by atoms with van der Waals surface area (Å²) in [4.78, 5) is 11.1. The minimum absolute atomic E-state index is 0.124. The Kier molecular flexibility index (Phi) is 5.01. The van der Waals surface area contributed by atoms with Crippen molar-refractivity contribution in [2.45, 2.75) is 19.0 Å². The second-order valence-electron chi connectivity index (χ2n) is 3.57. The molecule has 100 valence electrons. The van der Waals surface area contributed by atoms with Crippen LogP contribution in [0.4, 0.5) is 13.2 Å². The minimum Gasteiger partial charge on any atom is -0.493 e. The van der Waals surface area contributed by atoms with Gasteiger partial charge in [-0.2, -0.15) is 13.2 Å². The van der Waals surface area contributed by atoms with E-state index in [1.54, 1.807) is 6.07 Å². The smallest absolute Gasteiger partial charge is 0.389 e. The van der Waals surface area contributed by atoms with Gasteiger partial charge in [0.05, 0.1) is 12.2 Å². The Morgan fingerprint density at radius 2 is 2.06 bits per heavy atom. The second kappa shape index (κ2) is 6.08. The van der Waals surface area contributed by atoms with Crippen LogP contribution in [-0.4, -0.2) is 18.7 Å². The molecule has 1 aromatic rings. The van der Waals surface area contributed by atoms with Crippen LogP contribution in [0.15, 0.2) is 22.7 Å². The van der Waals surface area contributed by atoms with Gasteiger partial charge in [-0.15, -0.1) is 0 Å². The molecule has 0 bridgehead atoms. The van der Waals surface area contributed by atoms with Crippen LogP contribution in [0.3, 0.4) is 0 Å². The maximum absolute atomic E-state index is 11.9. The molecule has 0 spiro atoms. The van der Waals surface area contributed by atoms with Gasteiger partial charge in [0.2, 0.25) is 0 Å². The summed E-state index contributed by atoms with van der Waals surface area (Å²) in [5, 5.41) is 0. The lowest BCUT2D eigenvalue weighted by Crippen LogP contribution is -2.14. The molecule has 0 aliphatic rings. The Labute approximate surface area is 110 Å². The molecular formula is C11H11BrF3NO2. The van der Waals surface area contributed by atoms with Crippen molar-refractivity contribution in [1.29, 1.82) is 0 Å². The SMILES string of the molecule is NC(=O)c1cc(Br)ccc1OCCCC(F)(F)F. The van der Waals surface area contributed by atoms with Crippen LogP contribution >= 0.6 is 15.9 Å². The van der Waals surface area contributed by atoms with E-state index in [4.69, 9.17) is 10.5 Å². The largest absolute Gasteiger partial charge is 0.493 e. The fourth-order valence-electron chi connectivity index (χ4n) is 1.28. The second-order valence-corrected chi connectivity index (χ2v) is 4.49. The van der Waals surface area contributed by atoms with Crippen molar-refractivity contribution in [3.8, 4) is 5.75 Å². The van der Waals surface area contributed by atoms with E-state index in [9.17, 15) is 18.0 Å². The van der Waals surface area contributed by atoms with Crippen molar-refractivity contribution in [2.24, 2.45) is 5.73 Å². The number of amides is 1. The summed E-state index contributed by atoms with van der Waals surface area (Å²) >= 11 is 3.16. The Balaban J connectivity index is 2.59. The lowest BCUT2D eigenvalue weighted by atomic mass is 10.2. The van der Waals surface area contributed by atoms with Crippen LogP contribution in [0.2, 0.25) is 0 Å². The minimum atomic E-state index is -4.20. The maximum Gasteiger partial charge on any atom is 0.389 e. The number of carbonyl (C=O) groups is 1. The van der Waals surface area contributed by atoms with Gasteiger partial charge in [-0.05, 0) is 24.6 Å². The molecule has 3 nitrogen and oxygen atoms in total. The fourth-order valence-corrected chi connectivity index (χ4v) is 1.64. The summed E-state index contributed by atoms with van der Waals surface area (Å²) in [6.07, 6.45) is -5.29. The summed E-state index contributed by atoms with van der Waals surface area (Å²) in [5.74, 6) is -0.505. The molecule has 0 aromatic heterocycles. The molecule has 0 heterocycles. The van der Waals surface area contributed by atoms with Crippen molar-refractivity contribution < 1.29 is 22.7 Å². The molecular weight excluding hydrogens is 315 g/mol. The van der Waals surface area contributed by atoms with Crippen LogP contribution in [-0.2, 0) is 0 Å². The number of rotatable bonds is 5. The highest BCUT2D eigenvalue weighted by atomic mass is 79.9. The number of nitrogens with two attached hydrogens (primary N) is 1. The topological polar surface area (TPSA) is 52.3 Å². The van der Waals surface area contributed by atoms with Gasteiger partial charge in [-0.25, -0.2) is 0 Å². The Bertz CT molecular complexity index is 435. The number of ether oxygens (including phenoxy) is 1. The van der Waals surface area contributed by atoms with Gasteiger partial charge in [0.15, 0.2) is 0 Å². The number of halogens is 4.